The number of nitrogens with one attached hydrogen (secondary N) is 3. The van der Waals surface area contributed by atoms with Gasteiger partial charge in [-0.15, -0.1) is 0 Å². The van der Waals surface area contributed by atoms with Crippen molar-refractivity contribution in [1.82, 2.24) is 16.1 Å². The second-order valence-electron chi connectivity index (χ2n) is 9.58. The molecule has 0 aliphatic carbocycles. The lowest BCUT2D eigenvalue weighted by Crippen LogP contribution is -2.45. The molecule has 0 bridgehead atoms. The molecule has 4 rings (SSSR count). The van der Waals surface area contributed by atoms with Crippen molar-refractivity contribution in [2.45, 2.75) is 26.5 Å². The zero-order valence-electron chi connectivity index (χ0n) is 25.1. The van der Waals surface area contributed by atoms with Gasteiger partial charge in [-0.25, -0.2) is 15.0 Å². The van der Waals surface area contributed by atoms with Crippen molar-refractivity contribution in [2.75, 3.05) is 27.4 Å². The monoisotopic (exact) mass is 728 g/mol. The third-order valence-electron chi connectivity index (χ3n) is 6.53. The van der Waals surface area contributed by atoms with Crippen LogP contribution in [0.3, 0.4) is 0 Å². The number of hydrogen-bond donors (Lipinski definition) is 3. The van der Waals surface area contributed by atoms with E-state index in [2.05, 4.69) is 43.8 Å². The first-order valence-corrected chi connectivity index (χ1v) is 14.9. The van der Waals surface area contributed by atoms with Gasteiger partial charge < -0.3 is 34.3 Å². The van der Waals surface area contributed by atoms with Gasteiger partial charge in [-0.3, -0.25) is 4.79 Å². The molecule has 0 radical (unpaired) electrons. The number of urea groups is 1. The molecule has 236 valence electrons. The maximum Gasteiger partial charge on any atom is 0.338 e. The number of nitrogens with zero attached hydrogens (tertiary/aromatic N) is 1. The van der Waals surface area contributed by atoms with Crippen molar-refractivity contribution in [3.63, 3.8) is 0 Å². The molecule has 1 atom stereocenters. The molecule has 0 spiro atoms. The van der Waals surface area contributed by atoms with E-state index in [-0.39, 0.29) is 24.5 Å². The summed E-state index contributed by atoms with van der Waals surface area (Å²) in [7, 11) is 3.00. The number of rotatable bonds is 13. The molecule has 0 aromatic heterocycles. The molecule has 0 saturated heterocycles. The van der Waals surface area contributed by atoms with Crippen LogP contribution in [0.15, 0.2) is 77.0 Å². The molecule has 3 N–H and O–H groups in total. The second-order valence-corrected chi connectivity index (χ2v) is 10.8. The van der Waals surface area contributed by atoms with Crippen LogP contribution in [0.25, 0.3) is 0 Å². The van der Waals surface area contributed by atoms with Gasteiger partial charge in [0.25, 0.3) is 5.91 Å². The number of carbonyl (C=O) groups excluding carboxylic acids is 3. The highest BCUT2D eigenvalue weighted by Gasteiger charge is 2.32. The van der Waals surface area contributed by atoms with Crippen molar-refractivity contribution in [2.24, 2.45) is 5.10 Å². The van der Waals surface area contributed by atoms with E-state index < -0.39 is 23.9 Å². The first-order chi connectivity index (χ1) is 21.7. The highest BCUT2D eigenvalue weighted by Crippen LogP contribution is 2.35. The van der Waals surface area contributed by atoms with Gasteiger partial charge in [-0.05, 0) is 71.8 Å². The molecule has 12 nitrogen and oxygen atoms in total. The summed E-state index contributed by atoms with van der Waals surface area (Å²) in [4.78, 5) is 37.4. The Morgan fingerprint density at radius 2 is 1.76 bits per heavy atom. The van der Waals surface area contributed by atoms with Crippen molar-refractivity contribution in [3.8, 4) is 23.0 Å². The number of amides is 3. The lowest BCUT2D eigenvalue weighted by molar-refractivity contribution is -0.139. The molecule has 0 saturated carbocycles. The van der Waals surface area contributed by atoms with Gasteiger partial charge in [0.1, 0.15) is 6.61 Å². The summed E-state index contributed by atoms with van der Waals surface area (Å²) in [5, 5.41) is 9.42. The predicted octanol–water partition coefficient (Wildman–Crippen LogP) is 4.61. The minimum Gasteiger partial charge on any atom is -0.493 e. The third-order valence-corrected chi connectivity index (χ3v) is 7.15. The van der Waals surface area contributed by atoms with E-state index in [9.17, 15) is 14.4 Å². The average molecular weight is 729 g/mol. The van der Waals surface area contributed by atoms with Crippen LogP contribution in [-0.2, 0) is 20.9 Å². The summed E-state index contributed by atoms with van der Waals surface area (Å²) in [5.41, 5.74) is 5.27. The SMILES string of the molecule is CCOC(=O)C1=C(C)NC(=O)N[C@@H]1c1ccc(OCC(=O)N/N=C/c2cc(I)cc(OC)c2OCc2ccccc2)c(OC)c1. The molecule has 3 aromatic carbocycles. The summed E-state index contributed by atoms with van der Waals surface area (Å²) in [6.07, 6.45) is 1.47. The molecule has 1 aliphatic rings. The smallest absolute Gasteiger partial charge is 0.338 e. The first kappa shape index (κ1) is 33.1. The standard InChI is InChI=1S/C32H33IN4O8/c1-5-43-31(39)28-19(2)35-32(40)36-29(28)21-11-12-24(25(14-21)41-3)44-18-27(38)37-34-16-22-13-23(33)15-26(42-4)30(22)45-17-20-9-7-6-8-10-20/h6-16,29H,5,17-18H2,1-4H3,(H,37,38)(H2,35,36,40)/b34-16+/t29-/m1/s1. The van der Waals surface area contributed by atoms with Gasteiger partial charge in [-0.1, -0.05) is 36.4 Å². The van der Waals surface area contributed by atoms with Gasteiger partial charge in [-0.2, -0.15) is 5.10 Å². The number of esters is 1. The fraction of sp³-hybridized carbons (Fsp3) is 0.250. The Bertz CT molecular complexity index is 1610. The van der Waals surface area contributed by atoms with Crippen LogP contribution in [0.4, 0.5) is 4.79 Å². The van der Waals surface area contributed by atoms with E-state index in [4.69, 9.17) is 23.7 Å². The minimum atomic E-state index is -0.778. The summed E-state index contributed by atoms with van der Waals surface area (Å²) in [5.74, 6) is 0.523. The van der Waals surface area contributed by atoms with E-state index in [0.29, 0.717) is 40.7 Å². The van der Waals surface area contributed by atoms with Crippen molar-refractivity contribution >= 4 is 46.7 Å². The summed E-state index contributed by atoms with van der Waals surface area (Å²) >= 11 is 2.16. The zero-order valence-corrected chi connectivity index (χ0v) is 27.3. The molecule has 45 heavy (non-hydrogen) atoms. The number of benzene rings is 3. The Kier molecular flexibility index (Phi) is 11.6. The van der Waals surface area contributed by atoms with Gasteiger partial charge >= 0.3 is 12.0 Å². The van der Waals surface area contributed by atoms with Crippen LogP contribution < -0.4 is 35.0 Å². The molecular formula is C32H33IN4O8. The topological polar surface area (TPSA) is 146 Å². The fourth-order valence-electron chi connectivity index (χ4n) is 4.48. The Hall–Kier alpha value is -4.79. The van der Waals surface area contributed by atoms with Crippen molar-refractivity contribution in [3.05, 3.63) is 92.2 Å². The Morgan fingerprint density at radius 1 is 1.00 bits per heavy atom. The van der Waals surface area contributed by atoms with Gasteiger partial charge in [0.2, 0.25) is 0 Å². The second kappa shape index (κ2) is 15.8. The van der Waals surface area contributed by atoms with E-state index in [1.54, 1.807) is 39.2 Å². The van der Waals surface area contributed by atoms with Crippen LogP contribution in [0, 0.1) is 3.57 Å². The van der Waals surface area contributed by atoms with Crippen LogP contribution in [0.2, 0.25) is 0 Å². The Morgan fingerprint density at radius 3 is 2.47 bits per heavy atom. The highest BCUT2D eigenvalue weighted by atomic mass is 127. The Balaban J connectivity index is 1.43. The number of carbonyl (C=O) groups is 3. The first-order valence-electron chi connectivity index (χ1n) is 13.9. The summed E-state index contributed by atoms with van der Waals surface area (Å²) in [6, 6.07) is 17.1. The lowest BCUT2D eigenvalue weighted by Gasteiger charge is -2.28. The van der Waals surface area contributed by atoms with Crippen molar-refractivity contribution < 1.29 is 38.1 Å². The van der Waals surface area contributed by atoms with Crippen LogP contribution >= 0.6 is 22.6 Å². The van der Waals surface area contributed by atoms with E-state index in [1.807, 2.05) is 42.5 Å². The van der Waals surface area contributed by atoms with Gasteiger partial charge in [0, 0.05) is 14.8 Å². The summed E-state index contributed by atoms with van der Waals surface area (Å²) < 4.78 is 28.8. The van der Waals surface area contributed by atoms with Crippen molar-refractivity contribution in [1.29, 1.82) is 0 Å². The molecule has 3 aromatic rings. The molecular weight excluding hydrogens is 695 g/mol. The summed E-state index contributed by atoms with van der Waals surface area (Å²) in [6.45, 7) is 3.47. The quantitative estimate of drug-likeness (QED) is 0.100. The maximum absolute atomic E-state index is 12.6. The predicted molar refractivity (Wildman–Crippen MR) is 174 cm³/mol. The number of allylic oxidation sites excluding steroid dienone is 1. The van der Waals surface area contributed by atoms with Gasteiger partial charge in [0.15, 0.2) is 29.6 Å². The maximum atomic E-state index is 12.6. The molecule has 1 heterocycles. The Labute approximate surface area is 274 Å². The van der Waals surface area contributed by atoms with Gasteiger partial charge in [0.05, 0.1) is 38.7 Å². The number of ether oxygens (including phenoxy) is 5. The normalized spacial score (nSPS) is 14.3. The van der Waals surface area contributed by atoms with Crippen LogP contribution in [0.5, 0.6) is 23.0 Å². The molecule has 0 fully saturated rings. The highest BCUT2D eigenvalue weighted by molar-refractivity contribution is 14.1. The molecule has 0 unspecified atom stereocenters. The molecule has 1 aliphatic heterocycles. The number of hydrogen-bond acceptors (Lipinski definition) is 9. The van der Waals surface area contributed by atoms with E-state index >= 15 is 0 Å². The molecule has 13 heteroatoms. The number of methoxy groups -OCH3 is 2. The molecule has 3 amide bonds. The number of hydrazone groups is 1. The van der Waals surface area contributed by atoms with Crippen LogP contribution in [0.1, 0.15) is 36.6 Å². The van der Waals surface area contributed by atoms with Crippen LogP contribution in [-0.4, -0.2) is 51.6 Å². The number of halogens is 1. The third kappa shape index (κ3) is 8.65. The van der Waals surface area contributed by atoms with E-state index in [0.717, 1.165) is 9.13 Å². The lowest BCUT2D eigenvalue weighted by atomic mass is 9.95. The largest absolute Gasteiger partial charge is 0.493 e. The average Bonchev–Trinajstić information content (AvgIpc) is 3.03. The van der Waals surface area contributed by atoms with E-state index in [1.165, 1.54) is 13.3 Å². The fourth-order valence-corrected chi connectivity index (χ4v) is 5.09. The minimum absolute atomic E-state index is 0.181. The zero-order chi connectivity index (χ0) is 32.3.